The van der Waals surface area contributed by atoms with Crippen molar-refractivity contribution >= 4 is 33.5 Å². The van der Waals surface area contributed by atoms with Crippen LogP contribution in [0.3, 0.4) is 0 Å². The summed E-state index contributed by atoms with van der Waals surface area (Å²) in [6.07, 6.45) is 0. The second-order valence-corrected chi connectivity index (χ2v) is 5.74. The smallest absolute Gasteiger partial charge is 0.344 e. The summed E-state index contributed by atoms with van der Waals surface area (Å²) in [6, 6.07) is 5.08. The van der Waals surface area contributed by atoms with Gasteiger partial charge in [-0.05, 0) is 54.9 Å². The van der Waals surface area contributed by atoms with E-state index in [1.807, 2.05) is 20.8 Å². The third-order valence-corrected chi connectivity index (χ3v) is 2.51. The zero-order valence-corrected chi connectivity index (χ0v) is 12.3. The molecule has 1 aromatic rings. The lowest BCUT2D eigenvalue weighted by Crippen LogP contribution is -2.27. The van der Waals surface area contributed by atoms with Gasteiger partial charge >= 0.3 is 5.97 Å². The zero-order valence-electron chi connectivity index (χ0n) is 9.92. The minimum atomic E-state index is -0.502. The van der Waals surface area contributed by atoms with Gasteiger partial charge in [-0.15, -0.1) is 0 Å². The van der Waals surface area contributed by atoms with Crippen LogP contribution in [0, 0.1) is 0 Å². The Hall–Kier alpha value is -0.740. The van der Waals surface area contributed by atoms with Gasteiger partial charge in [0.2, 0.25) is 0 Å². The van der Waals surface area contributed by atoms with Gasteiger partial charge in [-0.2, -0.15) is 0 Å². The highest BCUT2D eigenvalue weighted by Crippen LogP contribution is 2.27. The van der Waals surface area contributed by atoms with E-state index in [1.165, 1.54) is 0 Å². The molecule has 0 spiro atoms. The standard InChI is InChI=1S/C12H14BrClO3/c1-12(2,3)17-11(15)7-16-10-5-4-8(14)6-9(10)13/h4-6H,7H2,1-3H3. The lowest BCUT2D eigenvalue weighted by atomic mass is 10.2. The molecular formula is C12H14BrClO3. The fraction of sp³-hybridized carbons (Fsp3) is 0.417. The van der Waals surface area contributed by atoms with Gasteiger partial charge in [-0.3, -0.25) is 0 Å². The minimum Gasteiger partial charge on any atom is -0.481 e. The number of carbonyl (C=O) groups is 1. The van der Waals surface area contributed by atoms with Crippen LogP contribution < -0.4 is 4.74 Å². The van der Waals surface area contributed by atoms with Gasteiger partial charge in [-0.25, -0.2) is 4.79 Å². The summed E-state index contributed by atoms with van der Waals surface area (Å²) in [4.78, 5) is 11.4. The molecule has 0 fully saturated rings. The van der Waals surface area contributed by atoms with Crippen molar-refractivity contribution in [2.75, 3.05) is 6.61 Å². The van der Waals surface area contributed by atoms with E-state index in [0.717, 1.165) is 0 Å². The fourth-order valence-electron chi connectivity index (χ4n) is 1.10. The lowest BCUT2D eigenvalue weighted by molar-refractivity contribution is -0.157. The van der Waals surface area contributed by atoms with Crippen LogP contribution in [-0.4, -0.2) is 18.2 Å². The second-order valence-electron chi connectivity index (χ2n) is 4.45. The molecule has 1 rings (SSSR count). The quantitative estimate of drug-likeness (QED) is 0.794. The molecule has 0 radical (unpaired) electrons. The van der Waals surface area contributed by atoms with Crippen LogP contribution in [0.1, 0.15) is 20.8 Å². The van der Waals surface area contributed by atoms with Crippen molar-refractivity contribution in [1.29, 1.82) is 0 Å². The van der Waals surface area contributed by atoms with Gasteiger partial charge in [0.1, 0.15) is 11.4 Å². The Bertz CT molecular complexity index is 413. The molecule has 0 bridgehead atoms. The molecule has 0 aliphatic heterocycles. The van der Waals surface area contributed by atoms with E-state index in [1.54, 1.807) is 18.2 Å². The van der Waals surface area contributed by atoms with Crippen molar-refractivity contribution in [1.82, 2.24) is 0 Å². The zero-order chi connectivity index (χ0) is 13.1. The number of ether oxygens (including phenoxy) is 2. The number of rotatable bonds is 3. The highest BCUT2D eigenvalue weighted by Gasteiger charge is 2.16. The molecule has 5 heteroatoms. The summed E-state index contributed by atoms with van der Waals surface area (Å²) >= 11 is 9.09. The maximum atomic E-state index is 11.4. The van der Waals surface area contributed by atoms with Crippen LogP contribution in [0.4, 0.5) is 0 Å². The van der Waals surface area contributed by atoms with Crippen molar-refractivity contribution in [2.24, 2.45) is 0 Å². The van der Waals surface area contributed by atoms with E-state index in [-0.39, 0.29) is 6.61 Å². The Balaban J connectivity index is 2.53. The van der Waals surface area contributed by atoms with Crippen molar-refractivity contribution in [2.45, 2.75) is 26.4 Å². The minimum absolute atomic E-state index is 0.127. The highest BCUT2D eigenvalue weighted by molar-refractivity contribution is 9.10. The molecule has 0 aromatic heterocycles. The molecule has 3 nitrogen and oxygen atoms in total. The molecule has 94 valence electrons. The highest BCUT2D eigenvalue weighted by atomic mass is 79.9. The van der Waals surface area contributed by atoms with E-state index < -0.39 is 11.6 Å². The molecule has 1 aromatic carbocycles. The molecule has 0 amide bonds. The summed E-state index contributed by atoms with van der Waals surface area (Å²) in [6.45, 7) is 5.30. The van der Waals surface area contributed by atoms with Crippen molar-refractivity contribution < 1.29 is 14.3 Å². The van der Waals surface area contributed by atoms with Crippen molar-refractivity contribution in [3.05, 3.63) is 27.7 Å². The van der Waals surface area contributed by atoms with Crippen LogP contribution in [0.2, 0.25) is 5.02 Å². The Kier molecular flexibility index (Phi) is 4.83. The van der Waals surface area contributed by atoms with E-state index in [2.05, 4.69) is 15.9 Å². The van der Waals surface area contributed by atoms with E-state index >= 15 is 0 Å². The molecule has 0 atom stereocenters. The maximum Gasteiger partial charge on any atom is 0.344 e. The normalized spacial score (nSPS) is 11.1. The summed E-state index contributed by atoms with van der Waals surface area (Å²) in [7, 11) is 0. The van der Waals surface area contributed by atoms with Gasteiger partial charge in [-0.1, -0.05) is 11.6 Å². The predicted molar refractivity (Wildman–Crippen MR) is 70.5 cm³/mol. The van der Waals surface area contributed by atoms with Crippen LogP contribution in [0.25, 0.3) is 0 Å². The second kappa shape index (κ2) is 5.74. The third kappa shape index (κ3) is 5.41. The molecule has 0 unspecified atom stereocenters. The van der Waals surface area contributed by atoms with Gasteiger partial charge in [0.15, 0.2) is 6.61 Å². The first kappa shape index (κ1) is 14.3. The SMILES string of the molecule is CC(C)(C)OC(=O)COc1ccc(Cl)cc1Br. The summed E-state index contributed by atoms with van der Waals surface area (Å²) < 4.78 is 11.1. The van der Waals surface area contributed by atoms with Crippen molar-refractivity contribution in [3.8, 4) is 5.75 Å². The van der Waals surface area contributed by atoms with Crippen LogP contribution in [0.5, 0.6) is 5.75 Å². The molecule has 0 N–H and O–H groups in total. The Labute approximate surface area is 114 Å². The molecule has 17 heavy (non-hydrogen) atoms. The number of carbonyl (C=O) groups excluding carboxylic acids is 1. The molecular weight excluding hydrogens is 307 g/mol. The molecule has 0 saturated heterocycles. The summed E-state index contributed by atoms with van der Waals surface area (Å²) in [5.74, 6) is 0.152. The van der Waals surface area contributed by atoms with Crippen LogP contribution in [-0.2, 0) is 9.53 Å². The molecule has 0 aliphatic rings. The van der Waals surface area contributed by atoms with Crippen LogP contribution in [0.15, 0.2) is 22.7 Å². The third-order valence-electron chi connectivity index (χ3n) is 1.66. The topological polar surface area (TPSA) is 35.5 Å². The summed E-state index contributed by atoms with van der Waals surface area (Å²) in [5, 5.41) is 0.599. The largest absolute Gasteiger partial charge is 0.481 e. The average Bonchev–Trinajstić information content (AvgIpc) is 2.13. The monoisotopic (exact) mass is 320 g/mol. The molecule has 0 aliphatic carbocycles. The van der Waals surface area contributed by atoms with Gasteiger partial charge in [0.05, 0.1) is 4.47 Å². The van der Waals surface area contributed by atoms with Crippen molar-refractivity contribution in [3.63, 3.8) is 0 Å². The fourth-order valence-corrected chi connectivity index (χ4v) is 1.90. The first-order valence-corrected chi connectivity index (χ1v) is 6.25. The average molecular weight is 322 g/mol. The Morgan fingerprint density at radius 3 is 2.59 bits per heavy atom. The number of benzene rings is 1. The first-order chi connectivity index (χ1) is 7.78. The first-order valence-electron chi connectivity index (χ1n) is 5.07. The Morgan fingerprint density at radius 1 is 1.41 bits per heavy atom. The summed E-state index contributed by atoms with van der Waals surface area (Å²) in [5.41, 5.74) is -0.502. The Morgan fingerprint density at radius 2 is 2.06 bits per heavy atom. The number of hydrogen-bond acceptors (Lipinski definition) is 3. The number of hydrogen-bond donors (Lipinski definition) is 0. The van der Waals surface area contributed by atoms with E-state index in [9.17, 15) is 4.79 Å². The maximum absolute atomic E-state index is 11.4. The number of halogens is 2. The van der Waals surface area contributed by atoms with E-state index in [4.69, 9.17) is 21.1 Å². The lowest BCUT2D eigenvalue weighted by Gasteiger charge is -2.19. The van der Waals surface area contributed by atoms with Gasteiger partial charge in [0, 0.05) is 5.02 Å². The van der Waals surface area contributed by atoms with E-state index in [0.29, 0.717) is 15.2 Å². The predicted octanol–water partition coefficient (Wildman–Crippen LogP) is 3.82. The number of esters is 1. The van der Waals surface area contributed by atoms with Crippen LogP contribution >= 0.6 is 27.5 Å². The van der Waals surface area contributed by atoms with Gasteiger partial charge in [0.25, 0.3) is 0 Å². The van der Waals surface area contributed by atoms with Gasteiger partial charge < -0.3 is 9.47 Å². The molecule has 0 saturated carbocycles. The molecule has 0 heterocycles.